The first-order valence-electron chi connectivity index (χ1n) is 6.92. The summed E-state index contributed by atoms with van der Waals surface area (Å²) < 4.78 is 0.146. The van der Waals surface area contributed by atoms with Crippen LogP contribution in [-0.2, 0) is 0 Å². The molecule has 0 aromatic heterocycles. The van der Waals surface area contributed by atoms with E-state index in [0.717, 1.165) is 12.8 Å². The standard InChI is InChI=1S/C15H21NO3S/c1-20-15(7-3-2-4-8-15)10-16-14(19)11-5-6-12(17)13(18)9-11/h5-6,9,17-18H,2-4,7-8,10H2,1H3,(H,16,19). The van der Waals surface area contributed by atoms with Crippen LogP contribution in [0.2, 0.25) is 0 Å². The van der Waals surface area contributed by atoms with E-state index in [9.17, 15) is 15.0 Å². The van der Waals surface area contributed by atoms with Gasteiger partial charge in [-0.3, -0.25) is 4.79 Å². The second kappa shape index (κ2) is 6.39. The van der Waals surface area contributed by atoms with E-state index in [1.807, 2.05) is 11.8 Å². The maximum Gasteiger partial charge on any atom is 0.251 e. The molecule has 0 saturated heterocycles. The van der Waals surface area contributed by atoms with E-state index in [0.29, 0.717) is 12.1 Å². The molecule has 4 nitrogen and oxygen atoms in total. The first-order valence-corrected chi connectivity index (χ1v) is 8.14. The van der Waals surface area contributed by atoms with E-state index in [1.54, 1.807) is 0 Å². The minimum atomic E-state index is -0.269. The zero-order chi connectivity index (χ0) is 14.6. The van der Waals surface area contributed by atoms with Gasteiger partial charge in [-0.15, -0.1) is 0 Å². The zero-order valence-electron chi connectivity index (χ0n) is 11.7. The van der Waals surface area contributed by atoms with E-state index in [-0.39, 0.29) is 22.2 Å². The number of rotatable bonds is 4. The minimum absolute atomic E-state index is 0.146. The van der Waals surface area contributed by atoms with E-state index in [2.05, 4.69) is 11.6 Å². The van der Waals surface area contributed by atoms with Crippen LogP contribution in [0.3, 0.4) is 0 Å². The average Bonchev–Trinajstić information content (AvgIpc) is 2.48. The van der Waals surface area contributed by atoms with Gasteiger partial charge in [-0.1, -0.05) is 19.3 Å². The second-order valence-electron chi connectivity index (χ2n) is 5.33. The predicted octanol–water partition coefficient (Wildman–Crippen LogP) is 2.89. The van der Waals surface area contributed by atoms with Crippen LogP contribution in [0.25, 0.3) is 0 Å². The monoisotopic (exact) mass is 295 g/mol. The maximum atomic E-state index is 12.1. The molecule has 0 aliphatic heterocycles. The van der Waals surface area contributed by atoms with Crippen LogP contribution in [0.5, 0.6) is 11.5 Å². The van der Waals surface area contributed by atoms with Crippen LogP contribution < -0.4 is 5.32 Å². The van der Waals surface area contributed by atoms with Gasteiger partial charge in [-0.25, -0.2) is 0 Å². The van der Waals surface area contributed by atoms with Crippen LogP contribution in [0, 0.1) is 0 Å². The first kappa shape index (κ1) is 15.0. The summed E-state index contributed by atoms with van der Waals surface area (Å²) in [6.45, 7) is 0.647. The van der Waals surface area contributed by atoms with Gasteiger partial charge in [0.2, 0.25) is 0 Å². The number of phenolic OH excluding ortho intramolecular Hbond substituents is 2. The molecule has 110 valence electrons. The molecular weight excluding hydrogens is 274 g/mol. The first-order chi connectivity index (χ1) is 9.56. The topological polar surface area (TPSA) is 69.6 Å². The molecule has 1 fully saturated rings. The molecule has 0 radical (unpaired) electrons. The van der Waals surface area contributed by atoms with Gasteiger partial charge in [-0.2, -0.15) is 11.8 Å². The third-order valence-electron chi connectivity index (χ3n) is 4.01. The fourth-order valence-electron chi connectivity index (χ4n) is 2.66. The molecule has 1 aliphatic carbocycles. The molecule has 3 N–H and O–H groups in total. The summed E-state index contributed by atoms with van der Waals surface area (Å²) in [7, 11) is 0. The third kappa shape index (κ3) is 3.39. The number of carbonyl (C=O) groups excluding carboxylic acids is 1. The van der Waals surface area contributed by atoms with Crippen molar-refractivity contribution in [1.29, 1.82) is 0 Å². The molecule has 0 spiro atoms. The van der Waals surface area contributed by atoms with Crippen molar-refractivity contribution < 1.29 is 15.0 Å². The number of nitrogens with one attached hydrogen (secondary N) is 1. The van der Waals surface area contributed by atoms with Crippen LogP contribution in [0.4, 0.5) is 0 Å². The summed E-state index contributed by atoms with van der Waals surface area (Å²) in [5, 5.41) is 21.6. The Morgan fingerprint density at radius 1 is 1.25 bits per heavy atom. The number of benzene rings is 1. The van der Waals surface area contributed by atoms with E-state index < -0.39 is 0 Å². The SMILES string of the molecule is CSC1(CNC(=O)c2ccc(O)c(O)c2)CCCCC1. The Morgan fingerprint density at radius 2 is 1.95 bits per heavy atom. The lowest BCUT2D eigenvalue weighted by atomic mass is 9.88. The molecule has 0 bridgehead atoms. The van der Waals surface area contributed by atoms with Crippen molar-refractivity contribution in [2.75, 3.05) is 12.8 Å². The number of carbonyl (C=O) groups is 1. The highest BCUT2D eigenvalue weighted by atomic mass is 32.2. The summed E-state index contributed by atoms with van der Waals surface area (Å²) in [4.78, 5) is 12.1. The smallest absolute Gasteiger partial charge is 0.251 e. The van der Waals surface area contributed by atoms with Gasteiger partial charge in [0.25, 0.3) is 5.91 Å². The van der Waals surface area contributed by atoms with Crippen molar-refractivity contribution in [2.45, 2.75) is 36.9 Å². The van der Waals surface area contributed by atoms with Crippen molar-refractivity contribution in [2.24, 2.45) is 0 Å². The fourth-order valence-corrected chi connectivity index (χ4v) is 3.57. The summed E-state index contributed by atoms with van der Waals surface area (Å²) >= 11 is 1.83. The number of phenols is 2. The van der Waals surface area contributed by atoms with Crippen molar-refractivity contribution >= 4 is 17.7 Å². The maximum absolute atomic E-state index is 12.1. The number of aromatic hydroxyl groups is 2. The highest BCUT2D eigenvalue weighted by molar-refractivity contribution is 8.00. The van der Waals surface area contributed by atoms with Gasteiger partial charge in [0.1, 0.15) is 0 Å². The Kier molecular flexibility index (Phi) is 4.81. The van der Waals surface area contributed by atoms with Gasteiger partial charge in [0.05, 0.1) is 0 Å². The summed E-state index contributed by atoms with van der Waals surface area (Å²) in [6.07, 6.45) is 8.09. The lowest BCUT2D eigenvalue weighted by Crippen LogP contribution is -2.41. The number of hydrogen-bond acceptors (Lipinski definition) is 4. The zero-order valence-corrected chi connectivity index (χ0v) is 12.5. The van der Waals surface area contributed by atoms with Crippen LogP contribution in [-0.4, -0.2) is 33.7 Å². The van der Waals surface area contributed by atoms with Crippen molar-refractivity contribution in [3.8, 4) is 11.5 Å². The molecule has 5 heteroatoms. The van der Waals surface area contributed by atoms with E-state index in [4.69, 9.17) is 0 Å². The highest BCUT2D eigenvalue weighted by Crippen LogP contribution is 2.38. The van der Waals surface area contributed by atoms with Gasteiger partial charge in [0, 0.05) is 16.9 Å². The summed E-state index contributed by atoms with van der Waals surface area (Å²) in [6, 6.07) is 4.13. The number of thioether (sulfide) groups is 1. The molecule has 0 atom stereocenters. The van der Waals surface area contributed by atoms with Gasteiger partial charge >= 0.3 is 0 Å². The molecule has 1 aromatic carbocycles. The quantitative estimate of drug-likeness (QED) is 0.747. The fraction of sp³-hybridized carbons (Fsp3) is 0.533. The molecular formula is C15H21NO3S. The van der Waals surface area contributed by atoms with Crippen molar-refractivity contribution in [3.63, 3.8) is 0 Å². The number of hydrogen-bond donors (Lipinski definition) is 3. The Labute approximate surface area is 123 Å². The lowest BCUT2D eigenvalue weighted by molar-refractivity contribution is 0.0946. The minimum Gasteiger partial charge on any atom is -0.504 e. The molecule has 0 heterocycles. The Morgan fingerprint density at radius 3 is 2.55 bits per heavy atom. The molecule has 1 aliphatic rings. The number of amides is 1. The molecule has 20 heavy (non-hydrogen) atoms. The van der Waals surface area contributed by atoms with Crippen molar-refractivity contribution in [3.05, 3.63) is 23.8 Å². The Hall–Kier alpha value is -1.36. The van der Waals surface area contributed by atoms with Crippen molar-refractivity contribution in [1.82, 2.24) is 5.32 Å². The molecule has 1 aromatic rings. The van der Waals surface area contributed by atoms with Gasteiger partial charge in [0.15, 0.2) is 11.5 Å². The normalized spacial score (nSPS) is 17.6. The van der Waals surface area contributed by atoms with Gasteiger partial charge < -0.3 is 15.5 Å². The average molecular weight is 295 g/mol. The Balaban J connectivity index is 1.98. The van der Waals surface area contributed by atoms with Crippen LogP contribution in [0.1, 0.15) is 42.5 Å². The van der Waals surface area contributed by atoms with Crippen LogP contribution in [0.15, 0.2) is 18.2 Å². The lowest BCUT2D eigenvalue weighted by Gasteiger charge is -2.35. The van der Waals surface area contributed by atoms with Crippen LogP contribution >= 0.6 is 11.8 Å². The largest absolute Gasteiger partial charge is 0.504 e. The van der Waals surface area contributed by atoms with E-state index >= 15 is 0 Å². The third-order valence-corrected chi connectivity index (χ3v) is 5.43. The predicted molar refractivity (Wildman–Crippen MR) is 81.4 cm³/mol. The van der Waals surface area contributed by atoms with Gasteiger partial charge in [-0.05, 0) is 37.3 Å². The Bertz CT molecular complexity index is 484. The summed E-state index contributed by atoms with van der Waals surface area (Å²) in [5.74, 6) is -0.691. The molecule has 1 amide bonds. The molecule has 0 unspecified atom stereocenters. The molecule has 1 saturated carbocycles. The summed E-state index contributed by atoms with van der Waals surface area (Å²) in [5.41, 5.74) is 0.368. The molecule has 2 rings (SSSR count). The highest BCUT2D eigenvalue weighted by Gasteiger charge is 2.31. The van der Waals surface area contributed by atoms with E-state index in [1.165, 1.54) is 37.5 Å². The second-order valence-corrected chi connectivity index (χ2v) is 6.61.